The average Bonchev–Trinajstić information content (AvgIpc) is 3.56. The van der Waals surface area contributed by atoms with Crippen LogP contribution in [-0.4, -0.2) is 39.7 Å². The van der Waals surface area contributed by atoms with Gasteiger partial charge in [-0.05, 0) is 55.0 Å². The van der Waals surface area contributed by atoms with Crippen LogP contribution in [0.25, 0.3) is 10.2 Å². The molecule has 1 atom stereocenters. The highest BCUT2D eigenvalue weighted by Crippen LogP contribution is 2.37. The summed E-state index contributed by atoms with van der Waals surface area (Å²) in [5.74, 6) is 1.17. The maximum Gasteiger partial charge on any atom is 0.271 e. The first kappa shape index (κ1) is 19.7. The molecule has 0 unspecified atom stereocenters. The summed E-state index contributed by atoms with van der Waals surface area (Å²) in [4.78, 5) is 29.1. The molecule has 2 aliphatic heterocycles. The van der Waals surface area contributed by atoms with E-state index in [-0.39, 0.29) is 24.6 Å². The Morgan fingerprint density at radius 2 is 2.00 bits per heavy atom. The largest absolute Gasteiger partial charge is 0.454 e. The summed E-state index contributed by atoms with van der Waals surface area (Å²) in [5.41, 5.74) is 1.56. The normalized spacial score (nSPS) is 22.5. The molecule has 3 aliphatic rings. The molecule has 3 aromatic rings. The van der Waals surface area contributed by atoms with Gasteiger partial charge in [0, 0.05) is 12.6 Å². The number of amides is 2. The number of thiophene rings is 1. The molecular formula is C24H25N3O4S. The predicted molar refractivity (Wildman–Crippen MR) is 121 cm³/mol. The second kappa shape index (κ2) is 7.27. The van der Waals surface area contributed by atoms with Crippen molar-refractivity contribution in [3.8, 4) is 11.5 Å². The van der Waals surface area contributed by atoms with Crippen molar-refractivity contribution in [2.75, 3.05) is 6.79 Å². The van der Waals surface area contributed by atoms with Gasteiger partial charge in [0.05, 0.1) is 16.8 Å². The molecule has 1 fully saturated rings. The molecule has 1 N–H and O–H groups in total. The van der Waals surface area contributed by atoms with Gasteiger partial charge in [0.15, 0.2) is 11.5 Å². The molecule has 166 valence electrons. The maximum absolute atomic E-state index is 13.8. The molecule has 4 heterocycles. The molecule has 0 radical (unpaired) electrons. The van der Waals surface area contributed by atoms with Crippen molar-refractivity contribution < 1.29 is 19.1 Å². The fraction of sp³-hybridized carbons (Fsp3) is 0.417. The molecule has 0 spiro atoms. The minimum absolute atomic E-state index is 0.0822. The van der Waals surface area contributed by atoms with Crippen molar-refractivity contribution in [3.63, 3.8) is 0 Å². The molecule has 2 aromatic heterocycles. The molecule has 1 aliphatic carbocycles. The molecule has 7 nitrogen and oxygen atoms in total. The topological polar surface area (TPSA) is 72.8 Å². The lowest BCUT2D eigenvalue weighted by atomic mass is 9.93. The quantitative estimate of drug-likeness (QED) is 0.653. The molecule has 8 heteroatoms. The van der Waals surface area contributed by atoms with Crippen molar-refractivity contribution in [3.05, 3.63) is 47.0 Å². The van der Waals surface area contributed by atoms with Gasteiger partial charge in [0.25, 0.3) is 5.91 Å². The zero-order valence-electron chi connectivity index (χ0n) is 17.9. The standard InChI is InChI=1S/C24H25N3O4S/c1-24(23(29)25-16-4-2-3-5-16)13-26-17-8-9-32-21(17)11-18(26)22(28)27(24)12-15-6-7-19-20(10-15)31-14-30-19/h6-11,16H,2-5,12-14H2,1H3,(H,25,29)/t24-/m1/s1. The number of hydrogen-bond acceptors (Lipinski definition) is 5. The number of benzene rings is 1. The number of nitrogens with one attached hydrogen (secondary N) is 1. The maximum atomic E-state index is 13.8. The molecule has 2 amide bonds. The minimum atomic E-state index is -1.00. The van der Waals surface area contributed by atoms with Gasteiger partial charge < -0.3 is 24.3 Å². The van der Waals surface area contributed by atoms with E-state index >= 15 is 0 Å². The third kappa shape index (κ3) is 3.00. The number of nitrogens with zero attached hydrogens (tertiary/aromatic N) is 2. The Bertz CT molecular complexity index is 1230. The monoisotopic (exact) mass is 451 g/mol. The Balaban J connectivity index is 1.39. The summed E-state index contributed by atoms with van der Waals surface area (Å²) < 4.78 is 14.0. The smallest absolute Gasteiger partial charge is 0.271 e. The van der Waals surface area contributed by atoms with Crippen LogP contribution in [0.2, 0.25) is 0 Å². The summed E-state index contributed by atoms with van der Waals surface area (Å²) in [6.07, 6.45) is 4.28. The van der Waals surface area contributed by atoms with Gasteiger partial charge in [-0.25, -0.2) is 0 Å². The number of hydrogen-bond donors (Lipinski definition) is 1. The zero-order chi connectivity index (χ0) is 21.9. The Kier molecular flexibility index (Phi) is 4.47. The van der Waals surface area contributed by atoms with E-state index in [0.717, 1.165) is 41.5 Å². The number of aromatic nitrogens is 1. The van der Waals surface area contributed by atoms with Gasteiger partial charge in [-0.15, -0.1) is 11.3 Å². The number of rotatable bonds is 4. The number of fused-ring (bicyclic) bond motifs is 4. The molecule has 1 saturated carbocycles. The van der Waals surface area contributed by atoms with Crippen LogP contribution in [0.3, 0.4) is 0 Å². The van der Waals surface area contributed by atoms with Crippen molar-refractivity contribution in [2.24, 2.45) is 0 Å². The number of carbonyl (C=O) groups is 2. The second-order valence-electron chi connectivity index (χ2n) is 9.09. The molecule has 0 saturated heterocycles. The van der Waals surface area contributed by atoms with Crippen LogP contribution in [-0.2, 0) is 17.9 Å². The van der Waals surface area contributed by atoms with E-state index in [4.69, 9.17) is 9.47 Å². The van der Waals surface area contributed by atoms with Gasteiger partial charge in [0.2, 0.25) is 12.7 Å². The highest BCUT2D eigenvalue weighted by Gasteiger charge is 2.48. The molecule has 1 aromatic carbocycles. The van der Waals surface area contributed by atoms with E-state index in [0.29, 0.717) is 30.3 Å². The Labute approximate surface area is 189 Å². The fourth-order valence-electron chi connectivity index (χ4n) is 5.15. The van der Waals surface area contributed by atoms with E-state index in [1.54, 1.807) is 16.2 Å². The highest BCUT2D eigenvalue weighted by molar-refractivity contribution is 7.17. The summed E-state index contributed by atoms with van der Waals surface area (Å²) >= 11 is 1.61. The number of ether oxygens (including phenoxy) is 2. The van der Waals surface area contributed by atoms with Gasteiger partial charge in [-0.3, -0.25) is 9.59 Å². The molecule has 6 rings (SSSR count). The van der Waals surface area contributed by atoms with Crippen LogP contribution in [0.15, 0.2) is 35.7 Å². The van der Waals surface area contributed by atoms with E-state index in [1.807, 2.05) is 47.2 Å². The first-order valence-corrected chi connectivity index (χ1v) is 12.0. The first-order valence-electron chi connectivity index (χ1n) is 11.1. The third-order valence-electron chi connectivity index (χ3n) is 7.01. The lowest BCUT2D eigenvalue weighted by Gasteiger charge is -2.44. The van der Waals surface area contributed by atoms with E-state index in [2.05, 4.69) is 5.32 Å². The predicted octanol–water partition coefficient (Wildman–Crippen LogP) is 3.91. The van der Waals surface area contributed by atoms with Crippen LogP contribution in [0.4, 0.5) is 0 Å². The van der Waals surface area contributed by atoms with Gasteiger partial charge in [0.1, 0.15) is 11.2 Å². The van der Waals surface area contributed by atoms with Crippen LogP contribution in [0.1, 0.15) is 48.7 Å². The summed E-state index contributed by atoms with van der Waals surface area (Å²) in [6, 6.07) is 9.86. The van der Waals surface area contributed by atoms with Crippen molar-refractivity contribution in [1.29, 1.82) is 0 Å². The average molecular weight is 452 g/mol. The van der Waals surface area contributed by atoms with Crippen LogP contribution in [0.5, 0.6) is 11.5 Å². The third-order valence-corrected chi connectivity index (χ3v) is 7.86. The van der Waals surface area contributed by atoms with Crippen LogP contribution in [0, 0.1) is 0 Å². The lowest BCUT2D eigenvalue weighted by Crippen LogP contribution is -2.64. The summed E-state index contributed by atoms with van der Waals surface area (Å²) in [6.45, 7) is 2.84. The van der Waals surface area contributed by atoms with Crippen LogP contribution < -0.4 is 14.8 Å². The SMILES string of the molecule is C[C@]1(C(=O)NC2CCCC2)Cn2c(cc3sccc32)C(=O)N1Cc1ccc2c(c1)OCO2. The minimum Gasteiger partial charge on any atom is -0.454 e. The Morgan fingerprint density at radius 1 is 1.19 bits per heavy atom. The molecule has 32 heavy (non-hydrogen) atoms. The summed E-state index contributed by atoms with van der Waals surface area (Å²) in [5, 5.41) is 5.27. The molecular weight excluding hydrogens is 426 g/mol. The Morgan fingerprint density at radius 3 is 2.84 bits per heavy atom. The van der Waals surface area contributed by atoms with Gasteiger partial charge in [-0.2, -0.15) is 0 Å². The van der Waals surface area contributed by atoms with Crippen LogP contribution >= 0.6 is 11.3 Å². The van der Waals surface area contributed by atoms with Crippen molar-refractivity contribution in [1.82, 2.24) is 14.8 Å². The summed E-state index contributed by atoms with van der Waals surface area (Å²) in [7, 11) is 0. The van der Waals surface area contributed by atoms with E-state index < -0.39 is 5.54 Å². The fourth-order valence-corrected chi connectivity index (χ4v) is 5.98. The first-order chi connectivity index (χ1) is 15.5. The lowest BCUT2D eigenvalue weighted by molar-refractivity contribution is -0.133. The van der Waals surface area contributed by atoms with E-state index in [1.165, 1.54) is 0 Å². The second-order valence-corrected chi connectivity index (χ2v) is 10.0. The zero-order valence-corrected chi connectivity index (χ0v) is 18.7. The van der Waals surface area contributed by atoms with Gasteiger partial charge in [-0.1, -0.05) is 18.9 Å². The number of carbonyl (C=O) groups excluding carboxylic acids is 2. The highest BCUT2D eigenvalue weighted by atomic mass is 32.1. The Hall–Kier alpha value is -3.00. The van der Waals surface area contributed by atoms with Crippen molar-refractivity contribution >= 4 is 33.4 Å². The molecule has 0 bridgehead atoms. The van der Waals surface area contributed by atoms with Gasteiger partial charge >= 0.3 is 0 Å². The van der Waals surface area contributed by atoms with Crippen molar-refractivity contribution in [2.45, 2.75) is 57.3 Å². The van der Waals surface area contributed by atoms with E-state index in [9.17, 15) is 9.59 Å².